The highest BCUT2D eigenvalue weighted by Gasteiger charge is 2.13. The molecule has 1 heterocycles. The van der Waals surface area contributed by atoms with E-state index in [1.807, 2.05) is 28.8 Å². The Bertz CT molecular complexity index is 897. The Kier molecular flexibility index (Phi) is 4.02. The lowest BCUT2D eigenvalue weighted by molar-refractivity contribution is 0.676. The van der Waals surface area contributed by atoms with Crippen molar-refractivity contribution in [2.24, 2.45) is 0 Å². The summed E-state index contributed by atoms with van der Waals surface area (Å²) in [5, 5.41) is 7.05. The Balaban J connectivity index is 2.30. The molecule has 0 bridgehead atoms. The molecule has 0 spiro atoms. The summed E-state index contributed by atoms with van der Waals surface area (Å²) < 4.78 is 4.49. The predicted molar refractivity (Wildman–Crippen MR) is 94.4 cm³/mol. The molecule has 3 aromatic rings. The van der Waals surface area contributed by atoms with Crippen LogP contribution in [0, 0.1) is 4.77 Å². The molecule has 0 aliphatic heterocycles. The van der Waals surface area contributed by atoms with E-state index in [1.165, 1.54) is 10.8 Å². The molecule has 0 saturated carbocycles. The monoisotopic (exact) mass is 307 g/mol. The highest BCUT2D eigenvalue weighted by Crippen LogP contribution is 2.27. The molecule has 0 amide bonds. The van der Waals surface area contributed by atoms with Crippen LogP contribution in [0.3, 0.4) is 0 Å². The van der Waals surface area contributed by atoms with Crippen molar-refractivity contribution in [1.82, 2.24) is 14.3 Å². The van der Waals surface area contributed by atoms with Gasteiger partial charge in [0.15, 0.2) is 10.6 Å². The van der Waals surface area contributed by atoms with E-state index in [0.717, 1.165) is 11.4 Å². The molecule has 0 saturated heterocycles. The molecule has 4 heteroatoms. The van der Waals surface area contributed by atoms with Gasteiger partial charge < -0.3 is 0 Å². The molecule has 0 unspecified atom stereocenters. The van der Waals surface area contributed by atoms with Crippen LogP contribution < -0.4 is 0 Å². The molecule has 0 atom stereocenters. The van der Waals surface area contributed by atoms with Gasteiger partial charge in [-0.05, 0) is 23.0 Å². The second-order valence-corrected chi connectivity index (χ2v) is 5.37. The second-order valence-electron chi connectivity index (χ2n) is 5.00. The number of hydrogen-bond donors (Lipinski definition) is 0. The summed E-state index contributed by atoms with van der Waals surface area (Å²) in [5.41, 5.74) is 1.08. The van der Waals surface area contributed by atoms with Gasteiger partial charge in [0.05, 0.1) is 6.54 Å². The average molecular weight is 307 g/mol. The van der Waals surface area contributed by atoms with Crippen LogP contribution in [-0.4, -0.2) is 14.3 Å². The van der Waals surface area contributed by atoms with Crippen molar-refractivity contribution in [3.63, 3.8) is 0 Å². The SMILES string of the molecule is C=CCn1nc(-c2cccc3ccccc23)n(CC=C)c1=S. The van der Waals surface area contributed by atoms with Gasteiger partial charge in [-0.3, -0.25) is 4.57 Å². The molecular weight excluding hydrogens is 290 g/mol. The number of fused-ring (bicyclic) bond motifs is 1. The van der Waals surface area contributed by atoms with E-state index in [0.29, 0.717) is 17.9 Å². The average Bonchev–Trinajstić information content (AvgIpc) is 2.85. The Morgan fingerprint density at radius 2 is 1.73 bits per heavy atom. The lowest BCUT2D eigenvalue weighted by atomic mass is 10.0. The zero-order valence-electron chi connectivity index (χ0n) is 12.3. The van der Waals surface area contributed by atoms with Crippen molar-refractivity contribution in [1.29, 1.82) is 0 Å². The molecule has 0 fully saturated rings. The molecule has 0 aliphatic carbocycles. The van der Waals surface area contributed by atoms with Gasteiger partial charge in [0.1, 0.15) is 0 Å². The van der Waals surface area contributed by atoms with Gasteiger partial charge in [0, 0.05) is 12.1 Å². The van der Waals surface area contributed by atoms with Gasteiger partial charge in [0.2, 0.25) is 0 Å². The Labute approximate surface area is 134 Å². The van der Waals surface area contributed by atoms with E-state index in [-0.39, 0.29) is 0 Å². The molecule has 3 nitrogen and oxygen atoms in total. The van der Waals surface area contributed by atoms with Crippen LogP contribution >= 0.6 is 12.2 Å². The first kappa shape index (κ1) is 14.5. The van der Waals surface area contributed by atoms with E-state index in [2.05, 4.69) is 37.4 Å². The fourth-order valence-electron chi connectivity index (χ4n) is 2.60. The number of rotatable bonds is 5. The standard InChI is InChI=1S/C18H17N3S/c1-3-12-20-17(19-21(13-4-2)18(20)22)16-11-7-9-14-8-5-6-10-15(14)16/h3-11H,1-2,12-13H2. The number of aromatic nitrogens is 3. The summed E-state index contributed by atoms with van der Waals surface area (Å²) in [7, 11) is 0. The van der Waals surface area contributed by atoms with Crippen LogP contribution in [0.4, 0.5) is 0 Å². The highest BCUT2D eigenvalue weighted by molar-refractivity contribution is 7.71. The van der Waals surface area contributed by atoms with Crippen LogP contribution in [0.1, 0.15) is 0 Å². The third-order valence-electron chi connectivity index (χ3n) is 3.57. The molecule has 2 aromatic carbocycles. The van der Waals surface area contributed by atoms with E-state index >= 15 is 0 Å². The summed E-state index contributed by atoms with van der Waals surface area (Å²) >= 11 is 5.53. The fourth-order valence-corrected chi connectivity index (χ4v) is 2.87. The molecule has 0 radical (unpaired) electrons. The molecule has 3 rings (SSSR count). The number of nitrogens with zero attached hydrogens (tertiary/aromatic N) is 3. The molecule has 22 heavy (non-hydrogen) atoms. The van der Waals surface area contributed by atoms with Crippen molar-refractivity contribution < 1.29 is 0 Å². The smallest absolute Gasteiger partial charge is 0.198 e. The van der Waals surface area contributed by atoms with E-state index in [9.17, 15) is 0 Å². The second kappa shape index (κ2) is 6.12. The number of benzene rings is 2. The van der Waals surface area contributed by atoms with Crippen molar-refractivity contribution in [3.8, 4) is 11.4 Å². The molecule has 110 valence electrons. The Morgan fingerprint density at radius 1 is 1.00 bits per heavy atom. The van der Waals surface area contributed by atoms with Gasteiger partial charge in [-0.2, -0.15) is 5.10 Å². The Morgan fingerprint density at radius 3 is 2.50 bits per heavy atom. The maximum Gasteiger partial charge on any atom is 0.198 e. The summed E-state index contributed by atoms with van der Waals surface area (Å²) in [6, 6.07) is 14.5. The van der Waals surface area contributed by atoms with Crippen molar-refractivity contribution in [3.05, 3.63) is 72.5 Å². The van der Waals surface area contributed by atoms with Crippen LogP contribution in [0.2, 0.25) is 0 Å². The van der Waals surface area contributed by atoms with Crippen molar-refractivity contribution in [2.45, 2.75) is 13.1 Å². The first-order chi connectivity index (χ1) is 10.8. The van der Waals surface area contributed by atoms with Crippen LogP contribution in [0.5, 0.6) is 0 Å². The predicted octanol–water partition coefficient (Wildman–Crippen LogP) is 4.61. The summed E-state index contributed by atoms with van der Waals surface area (Å²) in [6.45, 7) is 8.82. The molecule has 0 aliphatic rings. The van der Waals surface area contributed by atoms with Gasteiger partial charge >= 0.3 is 0 Å². The van der Waals surface area contributed by atoms with Gasteiger partial charge in [0.25, 0.3) is 0 Å². The van der Waals surface area contributed by atoms with Crippen LogP contribution in [-0.2, 0) is 13.1 Å². The maximum atomic E-state index is 5.53. The Hall–Kier alpha value is -2.46. The first-order valence-electron chi connectivity index (χ1n) is 7.14. The minimum atomic E-state index is 0.598. The van der Waals surface area contributed by atoms with E-state index in [1.54, 1.807) is 10.8 Å². The topological polar surface area (TPSA) is 22.8 Å². The largest absolute Gasteiger partial charge is 0.296 e. The molecule has 1 aromatic heterocycles. The first-order valence-corrected chi connectivity index (χ1v) is 7.54. The molecule has 0 N–H and O–H groups in total. The number of hydrogen-bond acceptors (Lipinski definition) is 2. The van der Waals surface area contributed by atoms with Gasteiger partial charge in [-0.25, -0.2) is 4.68 Å². The summed E-state index contributed by atoms with van der Waals surface area (Å²) in [4.78, 5) is 0. The normalized spacial score (nSPS) is 10.7. The van der Waals surface area contributed by atoms with Crippen LogP contribution in [0.15, 0.2) is 67.8 Å². The zero-order valence-corrected chi connectivity index (χ0v) is 13.1. The lowest BCUT2D eigenvalue weighted by Crippen LogP contribution is -2.00. The quantitative estimate of drug-likeness (QED) is 0.507. The van der Waals surface area contributed by atoms with Gasteiger partial charge in [-0.1, -0.05) is 54.6 Å². The summed E-state index contributed by atoms with van der Waals surface area (Å²) in [6.07, 6.45) is 3.64. The van der Waals surface area contributed by atoms with Gasteiger partial charge in [-0.15, -0.1) is 13.2 Å². The third-order valence-corrected chi connectivity index (χ3v) is 4.00. The fraction of sp³-hybridized carbons (Fsp3) is 0.111. The minimum Gasteiger partial charge on any atom is -0.296 e. The van der Waals surface area contributed by atoms with Crippen molar-refractivity contribution >= 4 is 23.0 Å². The summed E-state index contributed by atoms with van der Waals surface area (Å²) in [5.74, 6) is 0.864. The van der Waals surface area contributed by atoms with Crippen molar-refractivity contribution in [2.75, 3.05) is 0 Å². The van der Waals surface area contributed by atoms with Crippen LogP contribution in [0.25, 0.3) is 22.2 Å². The minimum absolute atomic E-state index is 0.598. The highest BCUT2D eigenvalue weighted by atomic mass is 32.1. The maximum absolute atomic E-state index is 5.53. The zero-order chi connectivity index (χ0) is 15.5. The lowest BCUT2D eigenvalue weighted by Gasteiger charge is -2.07. The van der Waals surface area contributed by atoms with E-state index in [4.69, 9.17) is 17.3 Å². The molecular formula is C18H17N3S. The third kappa shape index (κ3) is 2.42. The van der Waals surface area contributed by atoms with E-state index < -0.39 is 0 Å². The number of allylic oxidation sites excluding steroid dienone is 2.